The van der Waals surface area contributed by atoms with Gasteiger partial charge in [-0.25, -0.2) is 0 Å². The number of aromatic nitrogens is 1. The number of aliphatic hydroxyl groups excluding tert-OH is 1. The summed E-state index contributed by atoms with van der Waals surface area (Å²) in [7, 11) is 0. The molecule has 0 aliphatic carbocycles. The minimum Gasteiger partial charge on any atom is -0.378 e. The molecule has 1 atom stereocenters. The van der Waals surface area contributed by atoms with Crippen LogP contribution in [0.25, 0.3) is 0 Å². The zero-order valence-corrected chi connectivity index (χ0v) is 7.10. The molecule has 0 aromatic carbocycles. The summed E-state index contributed by atoms with van der Waals surface area (Å²) in [5.41, 5.74) is -1.11. The van der Waals surface area contributed by atoms with Crippen LogP contribution in [0.2, 0.25) is 0 Å². The van der Waals surface area contributed by atoms with Crippen LogP contribution in [-0.2, 0) is 0 Å². The average Bonchev–Trinajstić information content (AvgIpc) is 2.15. The maximum atomic E-state index is 12.0. The van der Waals surface area contributed by atoms with Crippen LogP contribution in [0.15, 0.2) is 18.3 Å². The average molecular weight is 222 g/mol. The maximum Gasteiger partial charge on any atom is 0.420 e. The van der Waals surface area contributed by atoms with Crippen LogP contribution in [0.4, 0.5) is 18.9 Å². The number of rotatable bonds is 2. The van der Waals surface area contributed by atoms with E-state index in [2.05, 4.69) is 4.98 Å². The lowest BCUT2D eigenvalue weighted by Crippen LogP contribution is -2.21. The van der Waals surface area contributed by atoms with Crippen molar-refractivity contribution in [2.45, 2.75) is 12.3 Å². The molecule has 0 spiro atoms. The van der Waals surface area contributed by atoms with Crippen molar-refractivity contribution >= 4 is 5.69 Å². The molecule has 5 nitrogen and oxygen atoms in total. The van der Waals surface area contributed by atoms with Gasteiger partial charge >= 0.3 is 6.18 Å². The molecule has 1 aromatic heterocycles. The largest absolute Gasteiger partial charge is 0.420 e. The monoisotopic (exact) mass is 222 g/mol. The molecule has 0 saturated heterocycles. The van der Waals surface area contributed by atoms with Gasteiger partial charge in [-0.2, -0.15) is 13.2 Å². The SMILES string of the molecule is O=[N+]([O-])c1ccc([C@@H](O)C(F)(F)F)nc1. The Kier molecular flexibility index (Phi) is 2.89. The highest BCUT2D eigenvalue weighted by atomic mass is 19.4. The van der Waals surface area contributed by atoms with E-state index in [0.717, 1.165) is 12.1 Å². The first-order valence-electron chi connectivity index (χ1n) is 3.67. The first kappa shape index (κ1) is 11.4. The van der Waals surface area contributed by atoms with Gasteiger partial charge in [0.2, 0.25) is 0 Å². The summed E-state index contributed by atoms with van der Waals surface area (Å²) in [5.74, 6) is 0. The van der Waals surface area contributed by atoms with Crippen LogP contribution in [0.1, 0.15) is 11.8 Å². The van der Waals surface area contributed by atoms with Crippen LogP contribution in [-0.4, -0.2) is 21.2 Å². The molecule has 0 fully saturated rings. The number of alkyl halides is 3. The van der Waals surface area contributed by atoms with E-state index in [1.165, 1.54) is 0 Å². The molecular formula is C7H5F3N2O3. The molecule has 1 rings (SSSR count). The summed E-state index contributed by atoms with van der Waals surface area (Å²) < 4.78 is 35.9. The molecule has 0 bridgehead atoms. The lowest BCUT2D eigenvalue weighted by molar-refractivity contribution is -0.385. The summed E-state index contributed by atoms with van der Waals surface area (Å²) in [6.45, 7) is 0. The molecule has 82 valence electrons. The molecule has 0 amide bonds. The summed E-state index contributed by atoms with van der Waals surface area (Å²) in [6.07, 6.45) is -6.90. The molecule has 0 radical (unpaired) electrons. The Morgan fingerprint density at radius 3 is 2.40 bits per heavy atom. The molecule has 1 heterocycles. The van der Waals surface area contributed by atoms with Gasteiger partial charge in [0.05, 0.1) is 10.6 Å². The number of halogens is 3. The number of nitro groups is 1. The quantitative estimate of drug-likeness (QED) is 0.608. The Balaban J connectivity index is 2.94. The summed E-state index contributed by atoms with van der Waals surface area (Å²) in [5, 5.41) is 18.9. The second-order valence-electron chi connectivity index (χ2n) is 2.64. The van der Waals surface area contributed by atoms with Crippen LogP contribution >= 0.6 is 0 Å². The van der Waals surface area contributed by atoms with Gasteiger partial charge in [0.1, 0.15) is 6.20 Å². The molecule has 0 saturated carbocycles. The highest BCUT2D eigenvalue weighted by molar-refractivity contribution is 5.27. The fraction of sp³-hybridized carbons (Fsp3) is 0.286. The van der Waals surface area contributed by atoms with Gasteiger partial charge in [0.15, 0.2) is 6.10 Å². The Bertz CT molecular complexity index is 363. The van der Waals surface area contributed by atoms with E-state index in [4.69, 9.17) is 5.11 Å². The first-order valence-corrected chi connectivity index (χ1v) is 3.67. The smallest absolute Gasteiger partial charge is 0.378 e. The standard InChI is InChI=1S/C7H5F3N2O3/c8-7(9,10)6(13)5-2-1-4(3-11-5)12(14)15/h1-3,6,13H/t6-/m1/s1. The third-order valence-corrected chi connectivity index (χ3v) is 1.57. The van der Waals surface area contributed by atoms with E-state index < -0.39 is 28.6 Å². The fourth-order valence-electron chi connectivity index (χ4n) is 0.835. The fourth-order valence-corrected chi connectivity index (χ4v) is 0.835. The summed E-state index contributed by atoms with van der Waals surface area (Å²) >= 11 is 0. The van der Waals surface area contributed by atoms with Crippen molar-refractivity contribution in [2.24, 2.45) is 0 Å². The molecule has 1 N–H and O–H groups in total. The van der Waals surface area contributed by atoms with Gasteiger partial charge in [0, 0.05) is 6.07 Å². The molecule has 0 unspecified atom stereocenters. The lowest BCUT2D eigenvalue weighted by atomic mass is 10.2. The topological polar surface area (TPSA) is 76.3 Å². The van der Waals surface area contributed by atoms with E-state index in [0.29, 0.717) is 6.20 Å². The van der Waals surface area contributed by atoms with Crippen molar-refractivity contribution in [3.63, 3.8) is 0 Å². The molecule has 0 aliphatic rings. The van der Waals surface area contributed by atoms with Crippen molar-refractivity contribution < 1.29 is 23.2 Å². The first-order chi connectivity index (χ1) is 6.82. The zero-order chi connectivity index (χ0) is 11.6. The highest BCUT2D eigenvalue weighted by Crippen LogP contribution is 2.31. The number of aliphatic hydroxyl groups is 1. The molecule has 15 heavy (non-hydrogen) atoms. The van der Waals surface area contributed by atoms with Gasteiger partial charge in [0.25, 0.3) is 5.69 Å². The van der Waals surface area contributed by atoms with Crippen molar-refractivity contribution in [3.05, 3.63) is 34.1 Å². The third-order valence-electron chi connectivity index (χ3n) is 1.57. The van der Waals surface area contributed by atoms with Gasteiger partial charge in [-0.1, -0.05) is 0 Å². The summed E-state index contributed by atoms with van der Waals surface area (Å²) in [6, 6.07) is 1.60. The maximum absolute atomic E-state index is 12.0. The van der Waals surface area contributed by atoms with E-state index >= 15 is 0 Å². The minimum absolute atomic E-state index is 0.437. The number of pyridine rings is 1. The number of nitrogens with zero attached hydrogens (tertiary/aromatic N) is 2. The highest BCUT2D eigenvalue weighted by Gasteiger charge is 2.40. The second kappa shape index (κ2) is 3.81. The second-order valence-corrected chi connectivity index (χ2v) is 2.64. The predicted molar refractivity (Wildman–Crippen MR) is 41.9 cm³/mol. The van der Waals surface area contributed by atoms with Gasteiger partial charge in [-0.15, -0.1) is 0 Å². The molecule has 1 aromatic rings. The zero-order valence-electron chi connectivity index (χ0n) is 7.10. The Labute approximate surface area is 81.3 Å². The van der Waals surface area contributed by atoms with E-state index in [1.54, 1.807) is 0 Å². The van der Waals surface area contributed by atoms with Crippen molar-refractivity contribution in [1.82, 2.24) is 4.98 Å². The van der Waals surface area contributed by atoms with Crippen molar-refractivity contribution in [3.8, 4) is 0 Å². The minimum atomic E-state index is -4.83. The molecular weight excluding hydrogens is 217 g/mol. The van der Waals surface area contributed by atoms with Crippen LogP contribution in [0, 0.1) is 10.1 Å². The van der Waals surface area contributed by atoms with Crippen molar-refractivity contribution in [2.75, 3.05) is 0 Å². The van der Waals surface area contributed by atoms with Gasteiger partial charge in [-0.3, -0.25) is 15.1 Å². The van der Waals surface area contributed by atoms with Crippen molar-refractivity contribution in [1.29, 1.82) is 0 Å². The Hall–Kier alpha value is -1.70. The van der Waals surface area contributed by atoms with Crippen LogP contribution in [0.3, 0.4) is 0 Å². The van der Waals surface area contributed by atoms with Crippen LogP contribution in [0.5, 0.6) is 0 Å². The van der Waals surface area contributed by atoms with Gasteiger partial charge in [-0.05, 0) is 6.07 Å². The Morgan fingerprint density at radius 1 is 1.47 bits per heavy atom. The molecule has 8 heteroatoms. The number of hydrogen-bond donors (Lipinski definition) is 1. The lowest BCUT2D eigenvalue weighted by Gasteiger charge is -2.12. The van der Waals surface area contributed by atoms with Gasteiger partial charge < -0.3 is 5.11 Å². The molecule has 0 aliphatic heterocycles. The predicted octanol–water partition coefficient (Wildman–Crippen LogP) is 1.59. The Morgan fingerprint density at radius 2 is 2.07 bits per heavy atom. The normalized spacial score (nSPS) is 13.6. The van der Waals surface area contributed by atoms with E-state index in [9.17, 15) is 23.3 Å². The van der Waals surface area contributed by atoms with E-state index in [-0.39, 0.29) is 0 Å². The summed E-state index contributed by atoms with van der Waals surface area (Å²) in [4.78, 5) is 12.5. The number of hydrogen-bond acceptors (Lipinski definition) is 4. The third kappa shape index (κ3) is 2.62. The van der Waals surface area contributed by atoms with Crippen LogP contribution < -0.4 is 0 Å². The van der Waals surface area contributed by atoms with E-state index in [1.807, 2.05) is 0 Å².